The highest BCUT2D eigenvalue weighted by atomic mass is 32.2. The first kappa shape index (κ1) is 22.7. The van der Waals surface area contributed by atoms with Gasteiger partial charge in [-0.05, 0) is 62.8 Å². The molecule has 1 saturated heterocycles. The van der Waals surface area contributed by atoms with Crippen molar-refractivity contribution in [2.24, 2.45) is 5.92 Å². The maximum Gasteiger partial charge on any atom is 0.341 e. The number of thiophene rings is 1. The average molecular weight is 490 g/mol. The molecule has 1 N–H and O–H groups in total. The molecule has 1 saturated carbocycles. The molecule has 1 atom stereocenters. The van der Waals surface area contributed by atoms with E-state index in [0.717, 1.165) is 61.9 Å². The van der Waals surface area contributed by atoms with Crippen LogP contribution in [0.1, 0.15) is 72.3 Å². The number of hydrogen-bond acceptors (Lipinski definition) is 8. The van der Waals surface area contributed by atoms with Gasteiger partial charge in [-0.3, -0.25) is 9.36 Å². The maximum atomic E-state index is 12.9. The summed E-state index contributed by atoms with van der Waals surface area (Å²) >= 11 is 2.94. The van der Waals surface area contributed by atoms with E-state index in [1.165, 1.54) is 54.3 Å². The molecule has 0 radical (unpaired) electrons. The largest absolute Gasteiger partial charge is 0.465 e. The van der Waals surface area contributed by atoms with Crippen molar-refractivity contribution in [1.29, 1.82) is 0 Å². The van der Waals surface area contributed by atoms with Gasteiger partial charge in [0.1, 0.15) is 5.00 Å². The van der Waals surface area contributed by atoms with E-state index >= 15 is 0 Å². The second-order valence-electron chi connectivity index (χ2n) is 9.32. The number of hydrogen-bond donors (Lipinski definition) is 1. The lowest BCUT2D eigenvalue weighted by atomic mass is 9.88. The first-order valence-corrected chi connectivity index (χ1v) is 13.7. The van der Waals surface area contributed by atoms with Gasteiger partial charge in [0, 0.05) is 24.0 Å². The van der Waals surface area contributed by atoms with Crippen molar-refractivity contribution >= 4 is 45.9 Å². The normalized spacial score (nSPS) is 20.4. The molecule has 2 aliphatic carbocycles. The van der Waals surface area contributed by atoms with Crippen molar-refractivity contribution in [1.82, 2.24) is 14.8 Å². The molecular formula is C23H31N5O3S2. The molecule has 8 nitrogen and oxygen atoms in total. The van der Waals surface area contributed by atoms with Crippen molar-refractivity contribution in [3.8, 4) is 0 Å². The molecule has 0 bridgehead atoms. The molecule has 178 valence electrons. The number of amides is 1. The van der Waals surface area contributed by atoms with Crippen molar-refractivity contribution in [2.45, 2.75) is 69.5 Å². The SMILES string of the molecule is COC(=O)c1c(NC(=O)CSc2nnc(N3CCCCC3)n2C2CC2)sc2c1CCC(C)C2. The van der Waals surface area contributed by atoms with E-state index in [1.54, 1.807) is 0 Å². The van der Waals surface area contributed by atoms with Gasteiger partial charge in [0.2, 0.25) is 11.9 Å². The highest BCUT2D eigenvalue weighted by Gasteiger charge is 2.33. The summed E-state index contributed by atoms with van der Waals surface area (Å²) in [5, 5.41) is 13.3. The minimum Gasteiger partial charge on any atom is -0.465 e. The minimum atomic E-state index is -0.371. The number of carbonyl (C=O) groups excluding carboxylic acids is 2. The zero-order valence-electron chi connectivity index (χ0n) is 19.3. The Kier molecular flexibility index (Phi) is 6.65. The van der Waals surface area contributed by atoms with E-state index in [9.17, 15) is 9.59 Å². The number of piperidine rings is 1. The Morgan fingerprint density at radius 3 is 2.70 bits per heavy atom. The molecule has 0 aromatic carbocycles. The van der Waals surface area contributed by atoms with Gasteiger partial charge in [0.15, 0.2) is 5.16 Å². The lowest BCUT2D eigenvalue weighted by Gasteiger charge is -2.27. The molecule has 3 aliphatic rings. The van der Waals surface area contributed by atoms with E-state index < -0.39 is 0 Å². The molecule has 1 unspecified atom stereocenters. The fraction of sp³-hybridized carbons (Fsp3) is 0.652. The molecule has 10 heteroatoms. The summed E-state index contributed by atoms with van der Waals surface area (Å²) in [6, 6.07) is 0.444. The van der Waals surface area contributed by atoms with Gasteiger partial charge < -0.3 is 15.0 Å². The summed E-state index contributed by atoms with van der Waals surface area (Å²) in [4.78, 5) is 28.9. The fourth-order valence-electron chi connectivity index (χ4n) is 4.78. The van der Waals surface area contributed by atoms with Crippen molar-refractivity contribution in [3.63, 3.8) is 0 Å². The molecule has 3 heterocycles. The van der Waals surface area contributed by atoms with Crippen LogP contribution in [0.2, 0.25) is 0 Å². The van der Waals surface area contributed by atoms with Crippen molar-refractivity contribution < 1.29 is 14.3 Å². The number of anilines is 2. The van der Waals surface area contributed by atoms with E-state index in [1.807, 2.05) is 0 Å². The Bertz CT molecular complexity index is 1040. The van der Waals surface area contributed by atoms with Crippen molar-refractivity contribution in [3.05, 3.63) is 16.0 Å². The molecule has 2 aromatic rings. The Balaban J connectivity index is 1.29. The van der Waals surface area contributed by atoms with Gasteiger partial charge in [0.05, 0.1) is 18.4 Å². The molecule has 0 spiro atoms. The zero-order chi connectivity index (χ0) is 22.9. The Hall–Kier alpha value is -2.07. The third-order valence-corrected chi connectivity index (χ3v) is 8.80. The van der Waals surface area contributed by atoms with Gasteiger partial charge in [-0.1, -0.05) is 18.7 Å². The number of ether oxygens (including phenoxy) is 1. The number of rotatable bonds is 7. The predicted octanol–water partition coefficient (Wildman–Crippen LogP) is 4.31. The number of aromatic nitrogens is 3. The predicted molar refractivity (Wildman–Crippen MR) is 131 cm³/mol. The summed E-state index contributed by atoms with van der Waals surface area (Å²) < 4.78 is 7.26. The van der Waals surface area contributed by atoms with Gasteiger partial charge in [0.25, 0.3) is 0 Å². The lowest BCUT2D eigenvalue weighted by Crippen LogP contribution is -2.32. The number of carbonyl (C=O) groups is 2. The maximum absolute atomic E-state index is 12.9. The standard InChI is InChI=1S/C23H31N5O3S2/c1-14-6-9-16-17(12-14)33-20(19(16)21(30)31-2)24-18(29)13-32-23-26-25-22(28(23)15-7-8-15)27-10-4-3-5-11-27/h14-15H,3-13H2,1-2H3,(H,24,29). The molecular weight excluding hydrogens is 458 g/mol. The quantitative estimate of drug-likeness (QED) is 0.458. The smallest absolute Gasteiger partial charge is 0.341 e. The summed E-state index contributed by atoms with van der Waals surface area (Å²) in [5.74, 6) is 1.26. The van der Waals surface area contributed by atoms with E-state index in [0.29, 0.717) is 22.5 Å². The Morgan fingerprint density at radius 1 is 1.18 bits per heavy atom. The van der Waals surface area contributed by atoms with Crippen LogP contribution in [0.25, 0.3) is 0 Å². The number of esters is 1. The van der Waals surface area contributed by atoms with Gasteiger partial charge in [-0.2, -0.15) is 0 Å². The summed E-state index contributed by atoms with van der Waals surface area (Å²) in [6.07, 6.45) is 8.77. The highest BCUT2D eigenvalue weighted by Crippen LogP contribution is 2.42. The first-order valence-electron chi connectivity index (χ1n) is 11.9. The summed E-state index contributed by atoms with van der Waals surface area (Å²) in [6.45, 7) is 4.27. The van der Waals surface area contributed by atoms with Crippen LogP contribution >= 0.6 is 23.1 Å². The molecule has 2 aromatic heterocycles. The van der Waals surface area contributed by atoms with Gasteiger partial charge >= 0.3 is 5.97 Å². The number of nitrogens with one attached hydrogen (secondary N) is 1. The van der Waals surface area contributed by atoms with Crippen LogP contribution in [0, 0.1) is 5.92 Å². The van der Waals surface area contributed by atoms with E-state index in [4.69, 9.17) is 4.74 Å². The third kappa shape index (κ3) is 4.77. The molecule has 5 rings (SSSR count). The van der Waals surface area contributed by atoms with E-state index in [-0.39, 0.29) is 17.6 Å². The average Bonchev–Trinajstić information content (AvgIpc) is 3.47. The van der Waals surface area contributed by atoms with Crippen LogP contribution < -0.4 is 10.2 Å². The van der Waals surface area contributed by atoms with Crippen LogP contribution in [0.4, 0.5) is 10.9 Å². The second-order valence-corrected chi connectivity index (χ2v) is 11.4. The van der Waals surface area contributed by atoms with Crippen LogP contribution in [0.3, 0.4) is 0 Å². The Labute approximate surface area is 202 Å². The highest BCUT2D eigenvalue weighted by molar-refractivity contribution is 7.99. The molecule has 2 fully saturated rings. The monoisotopic (exact) mass is 489 g/mol. The summed E-state index contributed by atoms with van der Waals surface area (Å²) in [7, 11) is 1.39. The zero-order valence-corrected chi connectivity index (χ0v) is 20.9. The van der Waals surface area contributed by atoms with Crippen LogP contribution in [-0.4, -0.2) is 52.6 Å². The lowest BCUT2D eigenvalue weighted by molar-refractivity contribution is -0.113. The molecule has 33 heavy (non-hydrogen) atoms. The number of thioether (sulfide) groups is 1. The first-order chi connectivity index (χ1) is 16.0. The van der Waals surface area contributed by atoms with Crippen molar-refractivity contribution in [2.75, 3.05) is 36.2 Å². The fourth-order valence-corrected chi connectivity index (χ4v) is 6.99. The van der Waals surface area contributed by atoms with Crippen LogP contribution in [-0.2, 0) is 22.4 Å². The van der Waals surface area contributed by atoms with E-state index in [2.05, 4.69) is 31.9 Å². The van der Waals surface area contributed by atoms with Crippen LogP contribution in [0.15, 0.2) is 5.16 Å². The molecule has 1 amide bonds. The number of nitrogens with zero attached hydrogens (tertiary/aromatic N) is 4. The number of fused-ring (bicyclic) bond motifs is 1. The van der Waals surface area contributed by atoms with Crippen LogP contribution in [0.5, 0.6) is 0 Å². The minimum absolute atomic E-state index is 0.137. The van der Waals surface area contributed by atoms with Gasteiger partial charge in [-0.15, -0.1) is 21.5 Å². The Morgan fingerprint density at radius 2 is 1.97 bits per heavy atom. The topological polar surface area (TPSA) is 89.3 Å². The second kappa shape index (κ2) is 9.66. The summed E-state index contributed by atoms with van der Waals surface area (Å²) in [5.41, 5.74) is 1.59. The molecule has 1 aliphatic heterocycles. The number of methoxy groups -OCH3 is 1. The van der Waals surface area contributed by atoms with Gasteiger partial charge in [-0.25, -0.2) is 4.79 Å². The third-order valence-electron chi connectivity index (χ3n) is 6.68.